The second-order valence-electron chi connectivity index (χ2n) is 2.87. The molecule has 0 radical (unpaired) electrons. The molecule has 0 aliphatic heterocycles. The molecule has 0 aromatic heterocycles. The minimum atomic E-state index is 0. The molecule has 8 nitrogen and oxygen atoms in total. The summed E-state index contributed by atoms with van der Waals surface area (Å²) in [6.07, 6.45) is 0. The summed E-state index contributed by atoms with van der Waals surface area (Å²) in [6.45, 7) is 2.26. The topological polar surface area (TPSA) is 118 Å². The van der Waals surface area contributed by atoms with Gasteiger partial charge in [0.05, 0.1) is 52.9 Å². The van der Waals surface area contributed by atoms with Crippen LogP contribution in [0.3, 0.4) is 0 Å². The molecule has 0 spiro atoms. The molecule has 0 aromatic rings. The quantitative estimate of drug-likeness (QED) is 0.327. The number of aliphatic hydroxyl groups excluding tert-OH is 4. The van der Waals surface area contributed by atoms with Gasteiger partial charge in [0.15, 0.2) is 0 Å². The number of ether oxygens (including phenoxy) is 4. The second-order valence-corrected chi connectivity index (χ2v) is 2.87. The van der Waals surface area contributed by atoms with Gasteiger partial charge < -0.3 is 39.4 Å². The van der Waals surface area contributed by atoms with Crippen LogP contribution in [0.15, 0.2) is 0 Å². The Morgan fingerprint density at radius 1 is 0.455 bits per heavy atom. The molecule has 10 heteroatoms. The second kappa shape index (κ2) is 57.1. The van der Waals surface area contributed by atoms with Crippen molar-refractivity contribution >= 4 is 0 Å². The molecule has 0 bridgehead atoms. The molecule has 0 aromatic carbocycles. The van der Waals surface area contributed by atoms with Gasteiger partial charge in [-0.25, -0.2) is 0 Å². The number of hydrogen-bond acceptors (Lipinski definition) is 8. The van der Waals surface area contributed by atoms with E-state index in [4.69, 9.17) is 20.4 Å². The monoisotopic (exact) mass is 484 g/mol. The van der Waals surface area contributed by atoms with Crippen LogP contribution in [-0.4, -0.2) is 102 Å². The molecule has 0 saturated heterocycles. The molecule has 0 heterocycles. The van der Waals surface area contributed by atoms with E-state index in [0.29, 0.717) is 26.4 Å². The van der Waals surface area contributed by atoms with E-state index in [2.05, 4.69) is 18.9 Å². The van der Waals surface area contributed by atoms with Crippen molar-refractivity contribution in [3.8, 4) is 0 Å². The Balaban J connectivity index is -0.0000000376. The zero-order chi connectivity index (χ0) is 16.5. The predicted molar refractivity (Wildman–Crippen MR) is 75.8 cm³/mol. The SMILES string of the molecule is COCCO.COCCO.COCCO.COCCO.[Zr].[Zr]. The van der Waals surface area contributed by atoms with Gasteiger partial charge in [-0.15, -0.1) is 0 Å². The zero-order valence-corrected chi connectivity index (χ0v) is 19.0. The predicted octanol–water partition coefficient (Wildman–Crippen LogP) is -1.50. The maximum atomic E-state index is 7.94. The van der Waals surface area contributed by atoms with E-state index in [1.807, 2.05) is 0 Å². The smallest absolute Gasteiger partial charge is 0.0693 e. The van der Waals surface area contributed by atoms with Gasteiger partial charge in [-0.05, 0) is 0 Å². The first-order chi connectivity index (χ1) is 9.66. The molecule has 0 unspecified atom stereocenters. The number of rotatable bonds is 8. The Morgan fingerprint density at radius 2 is 0.591 bits per heavy atom. The first kappa shape index (κ1) is 38.8. The molecule has 0 rings (SSSR count). The van der Waals surface area contributed by atoms with Crippen molar-refractivity contribution in [2.75, 3.05) is 81.3 Å². The van der Waals surface area contributed by atoms with Gasteiger partial charge in [0.2, 0.25) is 0 Å². The van der Waals surface area contributed by atoms with Gasteiger partial charge >= 0.3 is 0 Å². The summed E-state index contributed by atoms with van der Waals surface area (Å²) in [5.41, 5.74) is 0. The molecule has 0 aliphatic rings. The van der Waals surface area contributed by atoms with Crippen LogP contribution in [0.25, 0.3) is 0 Å². The molecule has 0 fully saturated rings. The largest absolute Gasteiger partial charge is 0.394 e. The fourth-order valence-electron chi connectivity index (χ4n) is 0.365. The summed E-state index contributed by atoms with van der Waals surface area (Å²) >= 11 is 0. The number of methoxy groups -OCH3 is 4. The summed E-state index contributed by atoms with van der Waals surface area (Å²) in [6, 6.07) is 0. The Bertz CT molecular complexity index is 83.1. The standard InChI is InChI=1S/4C3H8O2.2Zr/c4*1-5-3-2-4;;/h4*4H,2-3H2,1H3;;. The van der Waals surface area contributed by atoms with Gasteiger partial charge in [0, 0.05) is 80.8 Å². The van der Waals surface area contributed by atoms with Crippen LogP contribution in [0.2, 0.25) is 0 Å². The van der Waals surface area contributed by atoms with Crippen LogP contribution in [0, 0.1) is 0 Å². The zero-order valence-electron chi connectivity index (χ0n) is 14.1. The van der Waals surface area contributed by atoms with Crippen LogP contribution < -0.4 is 0 Å². The van der Waals surface area contributed by atoms with Gasteiger partial charge in [-0.3, -0.25) is 0 Å². The third-order valence-corrected chi connectivity index (χ3v) is 1.18. The minimum Gasteiger partial charge on any atom is -0.394 e. The van der Waals surface area contributed by atoms with E-state index in [9.17, 15) is 0 Å². The third kappa shape index (κ3) is 100. The summed E-state index contributed by atoms with van der Waals surface area (Å²) in [4.78, 5) is 0. The van der Waals surface area contributed by atoms with Gasteiger partial charge in [0.25, 0.3) is 0 Å². The Hall–Kier alpha value is 1.45. The summed E-state index contributed by atoms with van der Waals surface area (Å²) in [7, 11) is 6.21. The summed E-state index contributed by atoms with van der Waals surface area (Å²) < 4.78 is 17.8. The van der Waals surface area contributed by atoms with Gasteiger partial charge in [-0.2, -0.15) is 0 Å². The van der Waals surface area contributed by atoms with Crippen LogP contribution in [-0.2, 0) is 71.4 Å². The summed E-state index contributed by atoms with van der Waals surface area (Å²) in [5, 5.41) is 31.8. The molecular weight excluding hydrogens is 455 g/mol. The molecule has 0 amide bonds. The number of aliphatic hydroxyl groups is 4. The van der Waals surface area contributed by atoms with Crippen molar-refractivity contribution in [1.82, 2.24) is 0 Å². The molecular formula is C12H32O8Zr2. The average Bonchev–Trinajstić information content (AvgIpc) is 2.44. The van der Waals surface area contributed by atoms with Crippen LogP contribution in [0.1, 0.15) is 0 Å². The summed E-state index contributed by atoms with van der Waals surface area (Å²) in [5.74, 6) is 0. The first-order valence-electron chi connectivity index (χ1n) is 6.05. The third-order valence-electron chi connectivity index (χ3n) is 1.18. The molecule has 0 aliphatic carbocycles. The van der Waals surface area contributed by atoms with E-state index in [1.165, 1.54) is 0 Å². The Kier molecular flexibility index (Phi) is 101. The molecule has 4 N–H and O–H groups in total. The Labute approximate surface area is 172 Å². The molecule has 136 valence electrons. The maximum absolute atomic E-state index is 7.94. The van der Waals surface area contributed by atoms with E-state index < -0.39 is 0 Å². The van der Waals surface area contributed by atoms with Gasteiger partial charge in [-0.1, -0.05) is 0 Å². The van der Waals surface area contributed by atoms with E-state index in [1.54, 1.807) is 28.4 Å². The molecule has 0 saturated carbocycles. The average molecular weight is 487 g/mol. The van der Waals surface area contributed by atoms with Crippen molar-refractivity contribution in [2.45, 2.75) is 0 Å². The van der Waals surface area contributed by atoms with Crippen molar-refractivity contribution in [1.29, 1.82) is 0 Å². The Morgan fingerprint density at radius 3 is 0.591 bits per heavy atom. The van der Waals surface area contributed by atoms with Crippen LogP contribution >= 0.6 is 0 Å². The van der Waals surface area contributed by atoms with Crippen molar-refractivity contribution in [2.24, 2.45) is 0 Å². The molecule has 0 atom stereocenters. The van der Waals surface area contributed by atoms with Crippen molar-refractivity contribution in [3.63, 3.8) is 0 Å². The van der Waals surface area contributed by atoms with E-state index in [-0.39, 0.29) is 78.8 Å². The first-order valence-corrected chi connectivity index (χ1v) is 6.05. The molecule has 22 heavy (non-hydrogen) atoms. The number of hydrogen-bond donors (Lipinski definition) is 4. The van der Waals surface area contributed by atoms with Gasteiger partial charge in [0.1, 0.15) is 0 Å². The fourth-order valence-corrected chi connectivity index (χ4v) is 0.365. The van der Waals surface area contributed by atoms with Crippen LogP contribution in [0.4, 0.5) is 0 Å². The van der Waals surface area contributed by atoms with Crippen LogP contribution in [0.5, 0.6) is 0 Å². The minimum absolute atomic E-state index is 0. The van der Waals surface area contributed by atoms with Crippen molar-refractivity contribution < 1.29 is 91.8 Å². The van der Waals surface area contributed by atoms with E-state index >= 15 is 0 Å². The van der Waals surface area contributed by atoms with Crippen molar-refractivity contribution in [3.05, 3.63) is 0 Å². The maximum Gasteiger partial charge on any atom is 0.0693 e. The normalized spacial score (nSPS) is 7.64. The van der Waals surface area contributed by atoms with E-state index in [0.717, 1.165) is 0 Å². The fraction of sp³-hybridized carbons (Fsp3) is 1.00.